The fourth-order valence-electron chi connectivity index (χ4n) is 8.77. The Hall–Kier alpha value is -1.55. The van der Waals surface area contributed by atoms with E-state index in [1.54, 1.807) is 19.4 Å². The number of methoxy groups -OCH3 is 1. The molecule has 0 heterocycles. The van der Waals surface area contributed by atoms with E-state index in [4.69, 9.17) is 4.74 Å². The second-order valence-electron chi connectivity index (χ2n) is 11.8. The molecule has 0 radical (unpaired) electrons. The predicted octanol–water partition coefficient (Wildman–Crippen LogP) is 5.98. The summed E-state index contributed by atoms with van der Waals surface area (Å²) in [5, 5.41) is 22.2. The van der Waals surface area contributed by atoms with Gasteiger partial charge in [0.25, 0.3) is 0 Å². The van der Waals surface area contributed by atoms with Gasteiger partial charge in [0, 0.05) is 17.2 Å². The van der Waals surface area contributed by atoms with Crippen LogP contribution in [0.1, 0.15) is 83.6 Å². The first kappa shape index (κ1) is 22.3. The van der Waals surface area contributed by atoms with E-state index in [9.17, 15) is 10.2 Å². The standard InChI is InChI=1S/C28H41NO3/c1-26-14-5-4-8-20(26)10-11-21-22(26)12-15-27(2)23(21)13-16-28(27,31)18-29-17-19-7-6-9-24(32-3)25(19)30/h6-7,9,17,20-23,30-31H,4-5,8,10-16,18H2,1-3H3/b29-17+/t20?,21?,22?,23?,26-,27-,28?/m0/s1. The molecule has 4 aliphatic carbocycles. The molecule has 32 heavy (non-hydrogen) atoms. The van der Waals surface area contributed by atoms with Gasteiger partial charge in [0.2, 0.25) is 0 Å². The molecule has 0 aliphatic heterocycles. The Morgan fingerprint density at radius 3 is 2.66 bits per heavy atom. The summed E-state index contributed by atoms with van der Waals surface area (Å²) in [6, 6.07) is 5.42. The van der Waals surface area contributed by atoms with Gasteiger partial charge in [0.05, 0.1) is 19.3 Å². The van der Waals surface area contributed by atoms with E-state index in [1.165, 1.54) is 44.9 Å². The number of aliphatic imine (C=N–C) groups is 1. The number of ether oxygens (including phenoxy) is 1. The van der Waals surface area contributed by atoms with Crippen molar-refractivity contribution in [3.05, 3.63) is 23.8 Å². The van der Waals surface area contributed by atoms with Crippen molar-refractivity contribution in [2.75, 3.05) is 13.7 Å². The van der Waals surface area contributed by atoms with Gasteiger partial charge in [-0.3, -0.25) is 4.99 Å². The molecule has 4 heteroatoms. The van der Waals surface area contributed by atoms with E-state index in [-0.39, 0.29) is 11.2 Å². The van der Waals surface area contributed by atoms with Crippen molar-refractivity contribution in [3.63, 3.8) is 0 Å². The molecule has 2 N–H and O–H groups in total. The van der Waals surface area contributed by atoms with E-state index in [2.05, 4.69) is 18.8 Å². The highest BCUT2D eigenvalue weighted by molar-refractivity contribution is 5.84. The zero-order valence-electron chi connectivity index (χ0n) is 20.1. The maximum Gasteiger partial charge on any atom is 0.166 e. The maximum atomic E-state index is 11.9. The lowest BCUT2D eigenvalue weighted by atomic mass is 9.44. The predicted molar refractivity (Wildman–Crippen MR) is 128 cm³/mol. The lowest BCUT2D eigenvalue weighted by molar-refractivity contribution is -0.147. The summed E-state index contributed by atoms with van der Waals surface area (Å²) in [4.78, 5) is 4.66. The highest BCUT2D eigenvalue weighted by Crippen LogP contribution is 2.68. The minimum atomic E-state index is -0.752. The number of hydrogen-bond acceptors (Lipinski definition) is 4. The first-order chi connectivity index (χ1) is 15.3. The molecule has 0 aromatic heterocycles. The second-order valence-corrected chi connectivity index (χ2v) is 11.8. The largest absolute Gasteiger partial charge is 0.504 e. The van der Waals surface area contributed by atoms with E-state index in [0.717, 1.165) is 37.0 Å². The third-order valence-electron chi connectivity index (χ3n) is 10.7. The number of fused-ring (bicyclic) bond motifs is 5. The molecule has 1 aromatic carbocycles. The van der Waals surface area contributed by atoms with E-state index < -0.39 is 5.60 Å². The van der Waals surface area contributed by atoms with Crippen LogP contribution >= 0.6 is 0 Å². The van der Waals surface area contributed by atoms with Gasteiger partial charge >= 0.3 is 0 Å². The van der Waals surface area contributed by atoms with Gasteiger partial charge < -0.3 is 14.9 Å². The first-order valence-electron chi connectivity index (χ1n) is 12.9. The molecule has 0 amide bonds. The minimum absolute atomic E-state index is 0.0558. The van der Waals surface area contributed by atoms with E-state index in [0.29, 0.717) is 29.2 Å². The fourth-order valence-corrected chi connectivity index (χ4v) is 8.77. The Kier molecular flexibility index (Phi) is 5.59. The Morgan fingerprint density at radius 2 is 1.84 bits per heavy atom. The quantitative estimate of drug-likeness (QED) is 0.567. The van der Waals surface area contributed by atoms with Crippen LogP contribution in [0.2, 0.25) is 0 Å². The van der Waals surface area contributed by atoms with Crippen molar-refractivity contribution < 1.29 is 14.9 Å². The van der Waals surface area contributed by atoms with E-state index in [1.807, 2.05) is 12.1 Å². The van der Waals surface area contributed by atoms with Crippen molar-refractivity contribution in [1.29, 1.82) is 0 Å². The molecule has 5 unspecified atom stereocenters. The molecule has 176 valence electrons. The van der Waals surface area contributed by atoms with Gasteiger partial charge in [-0.15, -0.1) is 0 Å². The number of rotatable bonds is 4. The molecular formula is C28H41NO3. The van der Waals surface area contributed by atoms with Gasteiger partial charge in [0.15, 0.2) is 11.5 Å². The smallest absolute Gasteiger partial charge is 0.166 e. The van der Waals surface area contributed by atoms with Gasteiger partial charge in [-0.25, -0.2) is 0 Å². The molecule has 4 saturated carbocycles. The van der Waals surface area contributed by atoms with Crippen molar-refractivity contribution in [1.82, 2.24) is 0 Å². The SMILES string of the molecule is COc1cccc(/C=N/CC2(O)CCC3C4CCC5CCCC[C@]5(C)C4CC[C@@]32C)c1O. The van der Waals surface area contributed by atoms with Crippen LogP contribution in [0, 0.1) is 34.5 Å². The van der Waals surface area contributed by atoms with Crippen LogP contribution in [-0.2, 0) is 0 Å². The highest BCUT2D eigenvalue weighted by atomic mass is 16.5. The van der Waals surface area contributed by atoms with Crippen LogP contribution < -0.4 is 4.74 Å². The normalized spacial score (nSPS) is 43.5. The summed E-state index contributed by atoms with van der Waals surface area (Å²) in [6.45, 7) is 5.38. The summed E-state index contributed by atoms with van der Waals surface area (Å²) in [7, 11) is 1.55. The van der Waals surface area contributed by atoms with Crippen LogP contribution in [0.3, 0.4) is 0 Å². The zero-order valence-corrected chi connectivity index (χ0v) is 20.1. The van der Waals surface area contributed by atoms with Crippen molar-refractivity contribution in [2.24, 2.45) is 39.5 Å². The molecule has 0 bridgehead atoms. The Labute approximate surface area is 193 Å². The summed E-state index contributed by atoms with van der Waals surface area (Å²) in [5.41, 5.74) is 0.364. The summed E-state index contributed by atoms with van der Waals surface area (Å²) < 4.78 is 5.21. The fraction of sp³-hybridized carbons (Fsp3) is 0.750. The zero-order chi connectivity index (χ0) is 22.6. The summed E-state index contributed by atoms with van der Waals surface area (Å²) >= 11 is 0. The Morgan fingerprint density at radius 1 is 1.03 bits per heavy atom. The number of aliphatic hydroxyl groups is 1. The lowest BCUT2D eigenvalue weighted by Crippen LogP contribution is -2.56. The number of para-hydroxylation sites is 1. The Bertz CT molecular complexity index is 883. The van der Waals surface area contributed by atoms with Crippen molar-refractivity contribution in [2.45, 2.75) is 83.7 Å². The summed E-state index contributed by atoms with van der Waals surface area (Å²) in [6.07, 6.45) is 14.5. The van der Waals surface area contributed by atoms with Crippen LogP contribution in [-0.4, -0.2) is 35.7 Å². The van der Waals surface area contributed by atoms with Gasteiger partial charge in [-0.1, -0.05) is 32.8 Å². The number of nitrogens with zero attached hydrogens (tertiary/aromatic N) is 1. The van der Waals surface area contributed by atoms with Gasteiger partial charge in [0.1, 0.15) is 0 Å². The minimum Gasteiger partial charge on any atom is -0.504 e. The second kappa shape index (κ2) is 8.04. The highest BCUT2D eigenvalue weighted by Gasteiger charge is 2.64. The summed E-state index contributed by atoms with van der Waals surface area (Å²) in [5.74, 6) is 3.73. The molecule has 4 fully saturated rings. The third kappa shape index (κ3) is 3.23. The van der Waals surface area contributed by atoms with Crippen molar-refractivity contribution in [3.8, 4) is 11.5 Å². The first-order valence-corrected chi connectivity index (χ1v) is 12.9. The molecule has 5 rings (SSSR count). The van der Waals surface area contributed by atoms with Crippen LogP contribution in [0.5, 0.6) is 11.5 Å². The molecule has 0 spiro atoms. The Balaban J connectivity index is 1.34. The molecule has 0 saturated heterocycles. The third-order valence-corrected chi connectivity index (χ3v) is 10.7. The number of phenolic OH excluding ortho intramolecular Hbond substituents is 1. The van der Waals surface area contributed by atoms with Gasteiger partial charge in [-0.05, 0) is 92.6 Å². The average Bonchev–Trinajstić information content (AvgIpc) is 3.05. The van der Waals surface area contributed by atoms with Crippen molar-refractivity contribution >= 4 is 6.21 Å². The number of benzene rings is 1. The average molecular weight is 440 g/mol. The molecule has 1 aromatic rings. The number of phenols is 1. The van der Waals surface area contributed by atoms with E-state index >= 15 is 0 Å². The molecular weight excluding hydrogens is 398 g/mol. The van der Waals surface area contributed by atoms with Crippen LogP contribution in [0.25, 0.3) is 0 Å². The lowest BCUT2D eigenvalue weighted by Gasteiger charge is -2.61. The van der Waals surface area contributed by atoms with Gasteiger partial charge in [-0.2, -0.15) is 0 Å². The van der Waals surface area contributed by atoms with Crippen LogP contribution in [0.4, 0.5) is 0 Å². The van der Waals surface area contributed by atoms with Crippen LogP contribution in [0.15, 0.2) is 23.2 Å². The number of aromatic hydroxyl groups is 1. The topological polar surface area (TPSA) is 62.0 Å². The monoisotopic (exact) mass is 439 g/mol. The molecule has 7 atom stereocenters. The molecule has 4 nitrogen and oxygen atoms in total. The maximum absolute atomic E-state index is 11.9. The number of hydrogen-bond donors (Lipinski definition) is 2. The molecule has 4 aliphatic rings.